The molecule has 2 heterocycles. The van der Waals surface area contributed by atoms with Gasteiger partial charge in [-0.1, -0.05) is 60.4 Å². The Balaban J connectivity index is 0.000000170. The zero-order valence-electron chi connectivity index (χ0n) is 33.2. The van der Waals surface area contributed by atoms with E-state index in [0.717, 1.165) is 65.1 Å². The Kier molecular flexibility index (Phi) is 14.6. The van der Waals surface area contributed by atoms with Gasteiger partial charge >= 0.3 is 11.9 Å². The third-order valence-electron chi connectivity index (χ3n) is 9.77. The number of carbonyl (C=O) groups excluding carboxylic acids is 2. The predicted octanol–water partition coefficient (Wildman–Crippen LogP) is 8.95. The second kappa shape index (κ2) is 20.4. The summed E-state index contributed by atoms with van der Waals surface area (Å²) < 4.78 is 13.3. The van der Waals surface area contributed by atoms with Crippen molar-refractivity contribution in [1.82, 2.24) is 19.1 Å². The van der Waals surface area contributed by atoms with E-state index in [2.05, 4.69) is 43.2 Å². The van der Waals surface area contributed by atoms with Crippen LogP contribution >= 0.6 is 15.9 Å². The molecule has 0 aliphatic heterocycles. The Morgan fingerprint density at radius 3 is 1.64 bits per heavy atom. The van der Waals surface area contributed by atoms with E-state index in [4.69, 9.17) is 16.4 Å². The molecule has 0 atom stereocenters. The third-order valence-corrected chi connectivity index (χ3v) is 10.4. The van der Waals surface area contributed by atoms with Gasteiger partial charge in [-0.05, 0) is 103 Å². The van der Waals surface area contributed by atoms with Crippen LogP contribution in [0.15, 0.2) is 111 Å². The summed E-state index contributed by atoms with van der Waals surface area (Å²) in [5.74, 6) is 10.7. The molecule has 10 nitrogen and oxygen atoms in total. The van der Waals surface area contributed by atoms with Gasteiger partial charge < -0.3 is 9.47 Å². The number of aromatic nitrogens is 4. The van der Waals surface area contributed by atoms with Crippen LogP contribution in [0.2, 0.25) is 0 Å². The van der Waals surface area contributed by atoms with Crippen molar-refractivity contribution in [2.24, 2.45) is 0 Å². The topological polar surface area (TPSA) is 122 Å². The minimum absolute atomic E-state index is 0.000532. The Morgan fingerprint density at radius 2 is 1.15 bits per heavy atom. The summed E-state index contributed by atoms with van der Waals surface area (Å²) in [4.78, 5) is 57.7. The van der Waals surface area contributed by atoms with Gasteiger partial charge in [0.1, 0.15) is 11.6 Å². The number of fused-ring (bicyclic) bond motifs is 2. The minimum atomic E-state index is -0.237. The maximum Gasteiger partial charge on any atom is 0.305 e. The number of esters is 2. The van der Waals surface area contributed by atoms with Gasteiger partial charge in [0.05, 0.1) is 47.4 Å². The summed E-state index contributed by atoms with van der Waals surface area (Å²) >= 11 is 3.48. The average Bonchev–Trinajstić information content (AvgIpc) is 4.20. The first kappa shape index (κ1) is 42.3. The highest BCUT2D eigenvalue weighted by Gasteiger charge is 2.31. The lowest BCUT2D eigenvalue weighted by molar-refractivity contribution is -0.141. The largest absolute Gasteiger partial charge is 0.469 e. The van der Waals surface area contributed by atoms with Gasteiger partial charge in [0.2, 0.25) is 0 Å². The number of hydrogen-bond donors (Lipinski definition) is 0. The summed E-state index contributed by atoms with van der Waals surface area (Å²) in [6.07, 6.45) is 12.6. The van der Waals surface area contributed by atoms with E-state index in [9.17, 15) is 19.2 Å². The fourth-order valence-corrected chi connectivity index (χ4v) is 6.99. The van der Waals surface area contributed by atoms with Crippen molar-refractivity contribution < 1.29 is 19.1 Å². The molecular formula is C48H45BrN4O6. The number of nitrogens with zero attached hydrogens (tertiary/aromatic N) is 4. The average molecular weight is 854 g/mol. The monoisotopic (exact) mass is 852 g/mol. The van der Waals surface area contributed by atoms with Crippen LogP contribution in [0.3, 0.4) is 0 Å². The lowest BCUT2D eigenvalue weighted by Crippen LogP contribution is -2.24. The molecule has 2 aliphatic carbocycles. The van der Waals surface area contributed by atoms with Gasteiger partial charge in [0.25, 0.3) is 11.1 Å². The van der Waals surface area contributed by atoms with E-state index in [1.165, 1.54) is 14.2 Å². The molecule has 0 radical (unpaired) electrons. The number of terminal acetylenes is 1. The van der Waals surface area contributed by atoms with Crippen molar-refractivity contribution in [2.75, 3.05) is 14.2 Å². The maximum atomic E-state index is 13.5. The molecule has 0 amide bonds. The molecule has 0 unspecified atom stereocenters. The Morgan fingerprint density at radius 1 is 0.678 bits per heavy atom. The van der Waals surface area contributed by atoms with Crippen molar-refractivity contribution in [1.29, 1.82) is 0 Å². The van der Waals surface area contributed by atoms with Gasteiger partial charge in [-0.25, -0.2) is 9.97 Å². The highest BCUT2D eigenvalue weighted by atomic mass is 79.9. The lowest BCUT2D eigenvalue weighted by atomic mass is 10.1. The molecule has 6 aromatic rings. The first-order valence-electron chi connectivity index (χ1n) is 19.7. The lowest BCUT2D eigenvalue weighted by Gasteiger charge is -2.13. The number of halogens is 1. The van der Waals surface area contributed by atoms with E-state index < -0.39 is 0 Å². The number of rotatable bonds is 10. The van der Waals surface area contributed by atoms with E-state index in [0.29, 0.717) is 65.8 Å². The zero-order valence-corrected chi connectivity index (χ0v) is 34.7. The molecule has 11 heteroatoms. The van der Waals surface area contributed by atoms with Crippen molar-refractivity contribution >= 4 is 49.7 Å². The number of hydrogen-bond acceptors (Lipinski definition) is 8. The van der Waals surface area contributed by atoms with Crippen LogP contribution in [-0.2, 0) is 19.1 Å². The third kappa shape index (κ3) is 10.8. The van der Waals surface area contributed by atoms with Crippen LogP contribution in [-0.4, -0.2) is 45.3 Å². The molecule has 2 saturated carbocycles. The van der Waals surface area contributed by atoms with Crippen LogP contribution in [0.5, 0.6) is 0 Å². The normalized spacial score (nSPS) is 12.8. The molecule has 0 N–H and O–H groups in total. The van der Waals surface area contributed by atoms with Crippen LogP contribution in [0, 0.1) is 24.2 Å². The van der Waals surface area contributed by atoms with Crippen molar-refractivity contribution in [2.45, 2.75) is 76.0 Å². The maximum absolute atomic E-state index is 13.5. The van der Waals surface area contributed by atoms with E-state index in [1.807, 2.05) is 97.1 Å². The molecule has 2 fully saturated rings. The Bertz CT molecular complexity index is 2670. The molecule has 59 heavy (non-hydrogen) atoms. The first-order chi connectivity index (χ1) is 28.7. The molecule has 2 aliphatic rings. The molecule has 2 aromatic heterocycles. The van der Waals surface area contributed by atoms with Crippen molar-refractivity contribution in [3.8, 4) is 35.6 Å². The number of para-hydroxylation sites is 2. The molecular weight excluding hydrogens is 808 g/mol. The minimum Gasteiger partial charge on any atom is -0.469 e. The van der Waals surface area contributed by atoms with Gasteiger partial charge in [0, 0.05) is 47.6 Å². The van der Waals surface area contributed by atoms with Gasteiger partial charge in [-0.3, -0.25) is 28.3 Å². The van der Waals surface area contributed by atoms with Crippen molar-refractivity contribution in [3.63, 3.8) is 0 Å². The van der Waals surface area contributed by atoms with Crippen LogP contribution < -0.4 is 11.1 Å². The zero-order chi connectivity index (χ0) is 41.7. The standard InChI is InChI=1S/C24H22N2O3.C17H13BrN2O.C7H10O2/c1-29-21(27)14-7-2-4-9-17-10-8-13-20-22(17)24(28)26(19-11-5-3-6-12-19)23(25-20)18-15-16-18;18-13-7-4-8-14-15(13)17(21)20(12-5-2-1-3-6-12)16(19-14)11-9-10-11;1-3-4-5-6-7(8)9-2/h3,5-6,8,10-13,18H,2,7,14-16H2,1H3;1-8,11H,9-10H2;1H,4-6H2,2H3. The fraction of sp³-hybridized carbons (Fsp3) is 0.292. The number of carbonyl (C=O) groups is 2. The number of unbranched alkanes of at least 4 members (excludes halogenated alkanes) is 2. The van der Waals surface area contributed by atoms with Gasteiger partial charge in [0.15, 0.2) is 0 Å². The molecule has 8 rings (SSSR count). The van der Waals surface area contributed by atoms with Gasteiger partial charge in [-0.15, -0.1) is 12.3 Å². The summed E-state index contributed by atoms with van der Waals surface area (Å²) in [6.45, 7) is 0. The van der Waals surface area contributed by atoms with E-state index in [-0.39, 0.29) is 23.1 Å². The second-order valence-electron chi connectivity index (χ2n) is 14.1. The van der Waals surface area contributed by atoms with Gasteiger partial charge in [-0.2, -0.15) is 0 Å². The summed E-state index contributed by atoms with van der Waals surface area (Å²) in [6, 6.07) is 30.7. The molecule has 4 aromatic carbocycles. The summed E-state index contributed by atoms with van der Waals surface area (Å²) in [7, 11) is 2.75. The smallest absolute Gasteiger partial charge is 0.305 e. The molecule has 0 saturated heterocycles. The highest BCUT2D eigenvalue weighted by molar-refractivity contribution is 9.10. The number of benzene rings is 4. The predicted molar refractivity (Wildman–Crippen MR) is 234 cm³/mol. The quantitative estimate of drug-likeness (QED) is 0.0761. The fourth-order valence-electron chi connectivity index (χ4n) is 6.46. The van der Waals surface area contributed by atoms with Crippen LogP contribution in [0.1, 0.15) is 93.3 Å². The second-order valence-corrected chi connectivity index (χ2v) is 15.0. The summed E-state index contributed by atoms with van der Waals surface area (Å²) in [5, 5.41) is 1.19. The van der Waals surface area contributed by atoms with Crippen LogP contribution in [0.25, 0.3) is 33.2 Å². The molecule has 0 spiro atoms. The Labute approximate surface area is 351 Å². The van der Waals surface area contributed by atoms with E-state index in [1.54, 1.807) is 9.13 Å². The molecule has 0 bridgehead atoms. The van der Waals surface area contributed by atoms with E-state index >= 15 is 0 Å². The number of ether oxygens (including phenoxy) is 2. The highest BCUT2D eigenvalue weighted by Crippen LogP contribution is 2.41. The summed E-state index contributed by atoms with van der Waals surface area (Å²) in [5.41, 5.74) is 3.76. The first-order valence-corrected chi connectivity index (χ1v) is 20.5. The van der Waals surface area contributed by atoms with Crippen molar-refractivity contribution in [3.05, 3.63) is 139 Å². The molecule has 300 valence electrons. The SMILES string of the molecule is C#CCCCC(=O)OC.COC(=O)CCCC#Cc1cccc2nc(C3CC3)n(-c3ccccc3)c(=O)c12.O=c1c2c(Br)cccc2nc(C2CC2)n1-c1ccccc1. The Hall–Kier alpha value is -6.30. The van der Waals surface area contributed by atoms with Crippen LogP contribution in [0.4, 0.5) is 0 Å². The number of methoxy groups -OCH3 is 2.